The van der Waals surface area contributed by atoms with Crippen LogP contribution in [0.25, 0.3) is 0 Å². The molecule has 2 amide bonds. The maximum absolute atomic E-state index is 13.1. The summed E-state index contributed by atoms with van der Waals surface area (Å²) in [6.07, 6.45) is 0.154. The van der Waals surface area contributed by atoms with Gasteiger partial charge < -0.3 is 14.4 Å². The predicted molar refractivity (Wildman–Crippen MR) is 127 cm³/mol. The Balaban J connectivity index is 1.33. The monoisotopic (exact) mass is 463 g/mol. The summed E-state index contributed by atoms with van der Waals surface area (Å²) < 4.78 is 24.2. The second-order valence-corrected chi connectivity index (χ2v) is 8.14. The first-order valence-corrected chi connectivity index (χ1v) is 10.9. The number of nitrogens with zero attached hydrogens (tertiary/aromatic N) is 1. The molecule has 7 nitrogen and oxygen atoms in total. The van der Waals surface area contributed by atoms with Crippen LogP contribution in [-0.2, 0) is 16.2 Å². The molecule has 4 rings (SSSR count). The molecule has 1 fully saturated rings. The highest BCUT2D eigenvalue weighted by Gasteiger charge is 2.35. The maximum Gasteiger partial charge on any atom is 0.243 e. The van der Waals surface area contributed by atoms with Gasteiger partial charge in [0.05, 0.1) is 18.7 Å². The molecule has 1 aliphatic rings. The largest absolute Gasteiger partial charge is 0.493 e. The summed E-state index contributed by atoms with van der Waals surface area (Å²) in [5.41, 5.74) is 8.87. The number of hydrogen-bond donors (Lipinski definition) is 2. The highest BCUT2D eigenvalue weighted by atomic mass is 19.1. The van der Waals surface area contributed by atoms with Crippen molar-refractivity contribution in [1.82, 2.24) is 5.43 Å². The molecule has 34 heavy (non-hydrogen) atoms. The summed E-state index contributed by atoms with van der Waals surface area (Å²) in [7, 11) is 1.52. The molecule has 0 aromatic heterocycles. The van der Waals surface area contributed by atoms with Crippen LogP contribution in [0.2, 0.25) is 0 Å². The van der Waals surface area contributed by atoms with Gasteiger partial charge in [-0.05, 0) is 48.9 Å². The van der Waals surface area contributed by atoms with Gasteiger partial charge in [0.2, 0.25) is 11.8 Å². The fourth-order valence-corrected chi connectivity index (χ4v) is 3.70. The van der Waals surface area contributed by atoms with E-state index in [0.29, 0.717) is 23.7 Å². The minimum Gasteiger partial charge on any atom is -0.493 e. The second-order valence-electron chi connectivity index (χ2n) is 8.14. The van der Waals surface area contributed by atoms with Crippen LogP contribution in [0.1, 0.15) is 17.5 Å². The fraction of sp³-hybridized carbons (Fsp3) is 0.231. The van der Waals surface area contributed by atoms with Gasteiger partial charge in [-0.2, -0.15) is 0 Å². The first kappa shape index (κ1) is 23.1. The third-order valence-electron chi connectivity index (χ3n) is 5.64. The SMILES string of the molecule is COc1cc(NNC(=O)[C@@H]2CC(=O)N(c3ccc(C)cc3)C2)ccc1OCc1ccc(F)cc1. The van der Waals surface area contributed by atoms with Crippen LogP contribution in [0.15, 0.2) is 66.7 Å². The summed E-state index contributed by atoms with van der Waals surface area (Å²) in [5.74, 6) is -0.112. The van der Waals surface area contributed by atoms with E-state index in [0.717, 1.165) is 16.8 Å². The van der Waals surface area contributed by atoms with E-state index in [1.54, 1.807) is 35.2 Å². The maximum atomic E-state index is 13.1. The molecule has 1 atom stereocenters. The van der Waals surface area contributed by atoms with Crippen molar-refractivity contribution in [2.75, 3.05) is 24.0 Å². The van der Waals surface area contributed by atoms with Crippen molar-refractivity contribution < 1.29 is 23.5 Å². The molecule has 0 bridgehead atoms. The molecule has 0 aliphatic carbocycles. The van der Waals surface area contributed by atoms with Gasteiger partial charge >= 0.3 is 0 Å². The average molecular weight is 464 g/mol. The van der Waals surface area contributed by atoms with Crippen molar-refractivity contribution in [1.29, 1.82) is 0 Å². The molecular weight excluding hydrogens is 437 g/mol. The number of rotatable bonds is 8. The zero-order valence-electron chi connectivity index (χ0n) is 19.0. The molecule has 3 aromatic carbocycles. The first-order valence-electron chi connectivity index (χ1n) is 10.9. The van der Waals surface area contributed by atoms with E-state index in [9.17, 15) is 14.0 Å². The molecule has 0 unspecified atom stereocenters. The molecule has 0 saturated carbocycles. The Morgan fingerprint density at radius 1 is 1.06 bits per heavy atom. The number of aryl methyl sites for hydroxylation is 1. The van der Waals surface area contributed by atoms with Gasteiger partial charge in [0.15, 0.2) is 11.5 Å². The lowest BCUT2D eigenvalue weighted by Gasteiger charge is -2.17. The Bertz CT molecular complexity index is 1170. The summed E-state index contributed by atoms with van der Waals surface area (Å²) in [5, 5.41) is 0. The molecule has 1 aliphatic heterocycles. The number of carbonyl (C=O) groups excluding carboxylic acids is 2. The molecule has 2 N–H and O–H groups in total. The Labute approximate surface area is 197 Å². The summed E-state index contributed by atoms with van der Waals surface area (Å²) in [4.78, 5) is 26.7. The van der Waals surface area contributed by atoms with Gasteiger partial charge in [0.25, 0.3) is 0 Å². The molecule has 8 heteroatoms. The number of benzene rings is 3. The number of amides is 2. The van der Waals surface area contributed by atoms with Crippen molar-refractivity contribution in [3.8, 4) is 11.5 Å². The predicted octanol–water partition coefficient (Wildman–Crippen LogP) is 4.22. The highest BCUT2D eigenvalue weighted by Crippen LogP contribution is 2.31. The number of ether oxygens (including phenoxy) is 2. The van der Waals surface area contributed by atoms with Crippen molar-refractivity contribution in [2.24, 2.45) is 5.92 Å². The van der Waals surface area contributed by atoms with Gasteiger partial charge in [-0.1, -0.05) is 29.8 Å². The van der Waals surface area contributed by atoms with Crippen LogP contribution in [0.3, 0.4) is 0 Å². The van der Waals surface area contributed by atoms with Crippen molar-refractivity contribution in [2.45, 2.75) is 20.0 Å². The van der Waals surface area contributed by atoms with E-state index in [-0.39, 0.29) is 30.7 Å². The van der Waals surface area contributed by atoms with E-state index in [1.165, 1.54) is 19.2 Å². The summed E-state index contributed by atoms with van der Waals surface area (Å²) in [6.45, 7) is 2.57. The quantitative estimate of drug-likeness (QED) is 0.489. The van der Waals surface area contributed by atoms with Gasteiger partial charge in [-0.25, -0.2) is 4.39 Å². The van der Waals surface area contributed by atoms with E-state index in [1.807, 2.05) is 31.2 Å². The van der Waals surface area contributed by atoms with Crippen LogP contribution in [0.5, 0.6) is 11.5 Å². The molecule has 1 heterocycles. The third kappa shape index (κ3) is 5.46. The van der Waals surface area contributed by atoms with E-state index < -0.39 is 5.92 Å². The van der Waals surface area contributed by atoms with E-state index in [4.69, 9.17) is 9.47 Å². The van der Waals surface area contributed by atoms with Crippen LogP contribution >= 0.6 is 0 Å². The number of anilines is 2. The minimum atomic E-state index is -0.457. The van der Waals surface area contributed by atoms with E-state index >= 15 is 0 Å². The van der Waals surface area contributed by atoms with Crippen molar-refractivity contribution in [3.05, 3.63) is 83.7 Å². The lowest BCUT2D eigenvalue weighted by molar-refractivity contribution is -0.125. The van der Waals surface area contributed by atoms with Crippen LogP contribution in [0, 0.1) is 18.7 Å². The lowest BCUT2D eigenvalue weighted by atomic mass is 10.1. The van der Waals surface area contributed by atoms with Crippen LogP contribution in [-0.4, -0.2) is 25.5 Å². The van der Waals surface area contributed by atoms with Crippen LogP contribution in [0.4, 0.5) is 15.8 Å². The van der Waals surface area contributed by atoms with E-state index in [2.05, 4.69) is 10.9 Å². The van der Waals surface area contributed by atoms with Gasteiger partial charge in [-0.15, -0.1) is 0 Å². The number of hydrogen-bond acceptors (Lipinski definition) is 5. The fourth-order valence-electron chi connectivity index (χ4n) is 3.70. The smallest absolute Gasteiger partial charge is 0.243 e. The molecule has 176 valence electrons. The lowest BCUT2D eigenvalue weighted by Crippen LogP contribution is -2.36. The van der Waals surface area contributed by atoms with Gasteiger partial charge in [0.1, 0.15) is 12.4 Å². The number of methoxy groups -OCH3 is 1. The molecule has 0 spiro atoms. The Morgan fingerprint density at radius 3 is 2.50 bits per heavy atom. The van der Waals surface area contributed by atoms with Crippen molar-refractivity contribution >= 4 is 23.2 Å². The highest BCUT2D eigenvalue weighted by molar-refractivity contribution is 6.00. The Morgan fingerprint density at radius 2 is 1.79 bits per heavy atom. The third-order valence-corrected chi connectivity index (χ3v) is 5.64. The molecular formula is C26H26FN3O4. The number of hydrazine groups is 1. The average Bonchev–Trinajstić information content (AvgIpc) is 3.24. The standard InChI is InChI=1S/C26H26FN3O4/c1-17-3-10-22(11-4-17)30-15-19(13-25(30)31)26(32)29-28-21-9-12-23(24(14-21)33-2)34-16-18-5-7-20(27)8-6-18/h3-12,14,19,28H,13,15-16H2,1-2H3,(H,29,32)/t19-/m1/s1. The van der Waals surface area contributed by atoms with Crippen LogP contribution < -0.4 is 25.2 Å². The molecule has 1 saturated heterocycles. The Kier molecular flexibility index (Phi) is 6.96. The number of nitrogens with one attached hydrogen (secondary N) is 2. The summed E-state index contributed by atoms with van der Waals surface area (Å²) >= 11 is 0. The molecule has 3 aromatic rings. The topological polar surface area (TPSA) is 79.9 Å². The summed E-state index contributed by atoms with van der Waals surface area (Å²) in [6, 6.07) is 18.9. The number of carbonyl (C=O) groups is 2. The normalized spacial score (nSPS) is 15.2. The van der Waals surface area contributed by atoms with Gasteiger partial charge in [-0.3, -0.25) is 20.4 Å². The van der Waals surface area contributed by atoms with Gasteiger partial charge in [0, 0.05) is 24.7 Å². The second kappa shape index (κ2) is 10.2. The minimum absolute atomic E-state index is 0.0756. The zero-order valence-corrected chi connectivity index (χ0v) is 19.0. The Hall–Kier alpha value is -4.07. The molecule has 0 radical (unpaired) electrons. The first-order chi connectivity index (χ1) is 16.4. The van der Waals surface area contributed by atoms with Crippen molar-refractivity contribution in [3.63, 3.8) is 0 Å². The number of halogens is 1. The zero-order chi connectivity index (χ0) is 24.1.